The van der Waals surface area contributed by atoms with Gasteiger partial charge in [0.1, 0.15) is 0 Å². The van der Waals surface area contributed by atoms with Crippen LogP contribution in [-0.2, 0) is 0 Å². The fourth-order valence-corrected chi connectivity index (χ4v) is 2.71. The number of benzene rings is 1. The van der Waals surface area contributed by atoms with Crippen LogP contribution in [0.2, 0.25) is 0 Å². The van der Waals surface area contributed by atoms with Crippen molar-refractivity contribution < 1.29 is 5.11 Å². The number of hydrogen-bond donors (Lipinski definition) is 1. The van der Waals surface area contributed by atoms with Crippen LogP contribution in [0.1, 0.15) is 51.5 Å². The van der Waals surface area contributed by atoms with E-state index in [0.717, 1.165) is 0 Å². The SMILES string of the molecule is CCCC(C(CO)c1ccccc1)[C@@H](C)CC. The quantitative estimate of drug-likeness (QED) is 0.748. The summed E-state index contributed by atoms with van der Waals surface area (Å²) in [6.45, 7) is 7.05. The van der Waals surface area contributed by atoms with E-state index in [9.17, 15) is 5.11 Å². The van der Waals surface area contributed by atoms with Crippen LogP contribution in [0.3, 0.4) is 0 Å². The molecule has 0 bridgehead atoms. The molecular formula is C16H26O. The van der Waals surface area contributed by atoms with Crippen molar-refractivity contribution >= 4 is 0 Å². The van der Waals surface area contributed by atoms with Gasteiger partial charge in [-0.25, -0.2) is 0 Å². The van der Waals surface area contributed by atoms with Crippen molar-refractivity contribution in [2.45, 2.75) is 46.0 Å². The lowest BCUT2D eigenvalue weighted by atomic mass is 9.75. The Morgan fingerprint density at radius 2 is 1.76 bits per heavy atom. The fourth-order valence-electron chi connectivity index (χ4n) is 2.71. The summed E-state index contributed by atoms with van der Waals surface area (Å²) < 4.78 is 0. The molecule has 0 spiro atoms. The zero-order chi connectivity index (χ0) is 12.7. The molecule has 96 valence electrons. The van der Waals surface area contributed by atoms with E-state index in [1.165, 1.54) is 24.8 Å². The summed E-state index contributed by atoms with van der Waals surface area (Å²) in [5.74, 6) is 1.57. The van der Waals surface area contributed by atoms with Crippen LogP contribution in [0.4, 0.5) is 0 Å². The Balaban J connectivity index is 2.89. The van der Waals surface area contributed by atoms with Gasteiger partial charge in [0.25, 0.3) is 0 Å². The lowest BCUT2D eigenvalue weighted by Gasteiger charge is -2.30. The van der Waals surface area contributed by atoms with Crippen molar-refractivity contribution in [2.24, 2.45) is 11.8 Å². The molecule has 1 nitrogen and oxygen atoms in total. The lowest BCUT2D eigenvalue weighted by Crippen LogP contribution is -2.23. The molecule has 0 aliphatic rings. The average molecular weight is 234 g/mol. The van der Waals surface area contributed by atoms with Crippen molar-refractivity contribution in [1.29, 1.82) is 0 Å². The first-order chi connectivity index (χ1) is 8.24. The van der Waals surface area contributed by atoms with Crippen LogP contribution in [0, 0.1) is 11.8 Å². The highest BCUT2D eigenvalue weighted by Crippen LogP contribution is 2.34. The van der Waals surface area contributed by atoms with Gasteiger partial charge in [-0.2, -0.15) is 0 Å². The molecule has 3 atom stereocenters. The van der Waals surface area contributed by atoms with Crippen LogP contribution >= 0.6 is 0 Å². The summed E-state index contributed by atoms with van der Waals surface area (Å²) in [6, 6.07) is 10.5. The van der Waals surface area contributed by atoms with Crippen LogP contribution < -0.4 is 0 Å². The van der Waals surface area contributed by atoms with E-state index < -0.39 is 0 Å². The number of aliphatic hydroxyl groups excluding tert-OH is 1. The molecule has 1 N–H and O–H groups in total. The molecule has 0 aliphatic heterocycles. The van der Waals surface area contributed by atoms with Crippen molar-refractivity contribution in [2.75, 3.05) is 6.61 Å². The zero-order valence-corrected chi connectivity index (χ0v) is 11.4. The van der Waals surface area contributed by atoms with E-state index in [1.807, 2.05) is 6.07 Å². The molecule has 0 amide bonds. The smallest absolute Gasteiger partial charge is 0.0502 e. The van der Waals surface area contributed by atoms with Gasteiger partial charge in [0, 0.05) is 5.92 Å². The molecule has 0 aromatic heterocycles. The van der Waals surface area contributed by atoms with E-state index in [-0.39, 0.29) is 6.61 Å². The molecule has 17 heavy (non-hydrogen) atoms. The molecule has 1 heteroatoms. The Kier molecular flexibility index (Phi) is 6.28. The number of rotatable bonds is 7. The summed E-state index contributed by atoms with van der Waals surface area (Å²) in [4.78, 5) is 0. The van der Waals surface area contributed by atoms with Crippen LogP contribution in [0.5, 0.6) is 0 Å². The normalized spacial score (nSPS) is 16.5. The predicted molar refractivity (Wildman–Crippen MR) is 74.1 cm³/mol. The Morgan fingerprint density at radius 1 is 1.12 bits per heavy atom. The summed E-state index contributed by atoms with van der Waals surface area (Å²) in [5.41, 5.74) is 1.29. The Hall–Kier alpha value is -0.820. The fraction of sp³-hybridized carbons (Fsp3) is 0.625. The van der Waals surface area contributed by atoms with Gasteiger partial charge in [0.2, 0.25) is 0 Å². The van der Waals surface area contributed by atoms with E-state index in [2.05, 4.69) is 45.0 Å². The monoisotopic (exact) mass is 234 g/mol. The predicted octanol–water partition coefficient (Wildman–Crippen LogP) is 4.22. The number of hydrogen-bond acceptors (Lipinski definition) is 1. The molecule has 0 aliphatic carbocycles. The molecule has 1 aromatic carbocycles. The van der Waals surface area contributed by atoms with Gasteiger partial charge in [-0.15, -0.1) is 0 Å². The third kappa shape index (κ3) is 3.85. The molecule has 1 rings (SSSR count). The maximum absolute atomic E-state index is 9.72. The van der Waals surface area contributed by atoms with E-state index >= 15 is 0 Å². The minimum absolute atomic E-state index is 0.263. The molecule has 2 unspecified atom stereocenters. The first kappa shape index (κ1) is 14.2. The number of aliphatic hydroxyl groups is 1. The molecule has 0 heterocycles. The summed E-state index contributed by atoms with van der Waals surface area (Å²) in [5, 5.41) is 9.72. The van der Waals surface area contributed by atoms with Crippen molar-refractivity contribution in [3.8, 4) is 0 Å². The first-order valence-corrected chi connectivity index (χ1v) is 6.90. The lowest BCUT2D eigenvalue weighted by molar-refractivity contribution is 0.180. The highest BCUT2D eigenvalue weighted by atomic mass is 16.3. The van der Waals surface area contributed by atoms with Gasteiger partial charge in [-0.1, -0.05) is 63.9 Å². The molecule has 1 aromatic rings. The molecule has 0 saturated carbocycles. The topological polar surface area (TPSA) is 20.2 Å². The highest BCUT2D eigenvalue weighted by Gasteiger charge is 2.25. The van der Waals surface area contributed by atoms with Gasteiger partial charge < -0.3 is 5.11 Å². The molecule has 0 radical (unpaired) electrons. The Labute approximate surface area is 106 Å². The van der Waals surface area contributed by atoms with Gasteiger partial charge in [-0.3, -0.25) is 0 Å². The zero-order valence-electron chi connectivity index (χ0n) is 11.4. The third-order valence-corrected chi connectivity index (χ3v) is 3.94. The Morgan fingerprint density at radius 3 is 2.24 bits per heavy atom. The minimum atomic E-state index is 0.263. The highest BCUT2D eigenvalue weighted by molar-refractivity contribution is 5.20. The van der Waals surface area contributed by atoms with Crippen molar-refractivity contribution in [3.63, 3.8) is 0 Å². The van der Waals surface area contributed by atoms with Crippen molar-refractivity contribution in [3.05, 3.63) is 35.9 Å². The molecule has 0 fully saturated rings. The van der Waals surface area contributed by atoms with Gasteiger partial charge in [-0.05, 0) is 23.8 Å². The second kappa shape index (κ2) is 7.50. The van der Waals surface area contributed by atoms with Crippen molar-refractivity contribution in [1.82, 2.24) is 0 Å². The summed E-state index contributed by atoms with van der Waals surface area (Å²) in [7, 11) is 0. The molecular weight excluding hydrogens is 208 g/mol. The maximum Gasteiger partial charge on any atom is 0.0502 e. The second-order valence-corrected chi connectivity index (χ2v) is 5.04. The minimum Gasteiger partial charge on any atom is -0.396 e. The van der Waals surface area contributed by atoms with Gasteiger partial charge in [0.05, 0.1) is 6.61 Å². The molecule has 0 saturated heterocycles. The van der Waals surface area contributed by atoms with Crippen LogP contribution in [0.25, 0.3) is 0 Å². The van der Waals surface area contributed by atoms with Gasteiger partial charge >= 0.3 is 0 Å². The maximum atomic E-state index is 9.72. The largest absolute Gasteiger partial charge is 0.396 e. The standard InChI is InChI=1S/C16H26O/c1-4-9-15(13(3)5-2)16(12-17)14-10-7-6-8-11-14/h6-8,10-11,13,15-17H,4-5,9,12H2,1-3H3/t13-,15?,16?/m0/s1. The Bertz CT molecular complexity index is 294. The van der Waals surface area contributed by atoms with Gasteiger partial charge in [0.15, 0.2) is 0 Å². The third-order valence-electron chi connectivity index (χ3n) is 3.94. The summed E-state index contributed by atoms with van der Waals surface area (Å²) >= 11 is 0. The summed E-state index contributed by atoms with van der Waals surface area (Å²) in [6.07, 6.45) is 3.58. The first-order valence-electron chi connectivity index (χ1n) is 6.90. The van der Waals surface area contributed by atoms with Crippen LogP contribution in [-0.4, -0.2) is 11.7 Å². The second-order valence-electron chi connectivity index (χ2n) is 5.04. The van der Waals surface area contributed by atoms with E-state index in [0.29, 0.717) is 17.8 Å². The average Bonchev–Trinajstić information content (AvgIpc) is 2.39. The van der Waals surface area contributed by atoms with E-state index in [4.69, 9.17) is 0 Å². The van der Waals surface area contributed by atoms with Crippen LogP contribution in [0.15, 0.2) is 30.3 Å². The van der Waals surface area contributed by atoms with E-state index in [1.54, 1.807) is 0 Å².